The van der Waals surface area contributed by atoms with Crippen LogP contribution >= 0.6 is 0 Å². The fourth-order valence-corrected chi connectivity index (χ4v) is 20.0. The van der Waals surface area contributed by atoms with Gasteiger partial charge in [0.2, 0.25) is 0 Å². The van der Waals surface area contributed by atoms with Gasteiger partial charge in [0, 0.05) is 54.8 Å². The maximum absolute atomic E-state index is 7.45. The summed E-state index contributed by atoms with van der Waals surface area (Å²) in [5, 5.41) is 9.95. The zero-order valence-electron chi connectivity index (χ0n) is 43.3. The van der Waals surface area contributed by atoms with Gasteiger partial charge in [0.25, 0.3) is 0 Å². The van der Waals surface area contributed by atoms with E-state index in [9.17, 15) is 0 Å². The van der Waals surface area contributed by atoms with Gasteiger partial charge in [-0.1, -0.05) is 103 Å². The molecule has 8 fully saturated rings. The fraction of sp³-hybridized carbons (Fsp3) is 0.278. The van der Waals surface area contributed by atoms with E-state index in [-0.39, 0.29) is 12.3 Å². The van der Waals surface area contributed by atoms with E-state index in [1.807, 2.05) is 0 Å². The lowest BCUT2D eigenvalue weighted by Crippen LogP contribution is -2.61. The molecule has 8 saturated carbocycles. The van der Waals surface area contributed by atoms with E-state index >= 15 is 0 Å². The number of anilines is 2. The highest BCUT2D eigenvalue weighted by Gasteiger charge is 2.55. The van der Waals surface area contributed by atoms with Crippen LogP contribution in [0.2, 0.25) is 0 Å². The van der Waals surface area contributed by atoms with E-state index in [1.54, 1.807) is 11.1 Å². The molecule has 0 atom stereocenters. The zero-order valence-corrected chi connectivity index (χ0v) is 43.3. The number of nitrogens with zero attached hydrogens (tertiary/aromatic N) is 2. The number of para-hydroxylation sites is 1. The number of fused-ring (bicyclic) bond motifs is 16. The Morgan fingerprint density at radius 1 is 0.442 bits per heavy atom. The Morgan fingerprint density at radius 2 is 1.06 bits per heavy atom. The molecule has 5 heterocycles. The first-order chi connectivity index (χ1) is 38.0. The number of aromatic nitrogens is 1. The third kappa shape index (κ3) is 5.42. The van der Waals surface area contributed by atoms with Crippen LogP contribution in [0.4, 0.5) is 11.4 Å². The third-order valence-electron chi connectivity index (χ3n) is 22.2. The lowest BCUT2D eigenvalue weighted by atomic mass is 9.42. The molecule has 0 radical (unpaired) electrons. The molecule has 370 valence electrons. The van der Waals surface area contributed by atoms with Crippen molar-refractivity contribution in [3.8, 4) is 27.9 Å². The Hall–Kier alpha value is -7.50. The molecular formula is C72H57BN2O2. The Bertz CT molecular complexity index is 4540. The van der Waals surface area contributed by atoms with Crippen molar-refractivity contribution < 1.29 is 8.83 Å². The van der Waals surface area contributed by atoms with Gasteiger partial charge in [-0.2, -0.15) is 0 Å². The van der Waals surface area contributed by atoms with Crippen LogP contribution in [0.25, 0.3) is 104 Å². The molecule has 77 heavy (non-hydrogen) atoms. The minimum atomic E-state index is -0.179. The molecule has 4 nitrogen and oxygen atoms in total. The van der Waals surface area contributed by atoms with Crippen LogP contribution in [-0.4, -0.2) is 11.4 Å². The van der Waals surface area contributed by atoms with Crippen LogP contribution in [0.1, 0.15) is 88.2 Å². The molecule has 0 spiro atoms. The second-order valence-corrected chi connectivity index (χ2v) is 26.4. The average Bonchev–Trinajstić information content (AvgIpc) is 4.21. The first-order valence-corrected chi connectivity index (χ1v) is 29.4. The summed E-state index contributed by atoms with van der Waals surface area (Å²) in [6.07, 6.45) is 16.8. The normalized spacial score (nSPS) is 27.2. The molecule has 0 amide bonds. The van der Waals surface area contributed by atoms with Gasteiger partial charge in [0.1, 0.15) is 16.7 Å². The number of hydrogen-bond acceptors (Lipinski definition) is 3. The summed E-state index contributed by atoms with van der Waals surface area (Å²) in [6, 6.07) is 63.3. The summed E-state index contributed by atoms with van der Waals surface area (Å²) in [5.74, 6) is 5.18. The molecule has 3 aromatic heterocycles. The summed E-state index contributed by atoms with van der Waals surface area (Å²) < 4.78 is 17.5. The van der Waals surface area contributed by atoms with Crippen molar-refractivity contribution in [1.82, 2.24) is 4.57 Å². The van der Waals surface area contributed by atoms with Crippen LogP contribution in [0, 0.1) is 35.5 Å². The Labute approximate surface area is 447 Å². The van der Waals surface area contributed by atoms with E-state index in [4.69, 9.17) is 8.83 Å². The second-order valence-electron chi connectivity index (χ2n) is 26.4. The van der Waals surface area contributed by atoms with Crippen LogP contribution < -0.4 is 15.7 Å². The van der Waals surface area contributed by atoms with E-state index in [0.29, 0.717) is 5.41 Å². The predicted octanol–water partition coefficient (Wildman–Crippen LogP) is 17.6. The summed E-state index contributed by atoms with van der Waals surface area (Å²) in [6.45, 7) is -0.179. The van der Waals surface area contributed by atoms with Crippen LogP contribution in [0.5, 0.6) is 0 Å². The largest absolute Gasteiger partial charge is 0.455 e. The Morgan fingerprint density at radius 3 is 1.79 bits per heavy atom. The number of hydrogen-bond donors (Lipinski definition) is 0. The first kappa shape index (κ1) is 41.6. The predicted molar refractivity (Wildman–Crippen MR) is 317 cm³/mol. The molecule has 8 bridgehead atoms. The monoisotopic (exact) mass is 992 g/mol. The highest BCUT2D eigenvalue weighted by Crippen LogP contribution is 2.63. The van der Waals surface area contributed by atoms with E-state index in [1.165, 1.54) is 148 Å². The third-order valence-corrected chi connectivity index (χ3v) is 22.2. The molecule has 8 aliphatic carbocycles. The molecule has 0 saturated heterocycles. The van der Waals surface area contributed by atoms with Gasteiger partial charge in [0.05, 0.1) is 16.7 Å². The molecule has 0 unspecified atom stereocenters. The van der Waals surface area contributed by atoms with Gasteiger partial charge < -0.3 is 18.2 Å². The molecule has 12 aromatic rings. The van der Waals surface area contributed by atoms with E-state index in [0.717, 1.165) is 90.9 Å². The summed E-state index contributed by atoms with van der Waals surface area (Å²) in [7, 11) is 0. The number of furan rings is 2. The average molecular weight is 993 g/mol. The smallest absolute Gasteiger partial charge is 0.333 e. The zero-order chi connectivity index (χ0) is 49.6. The van der Waals surface area contributed by atoms with Gasteiger partial charge in [-0.25, -0.2) is 0 Å². The SMILES string of the molecule is c1ccc(-c2ccc(N3B4c5c(cc6c(oc7ccccc76)c5-c5ccc6c(oc7cc8ccccc8cc76)c53)-n3c5ccc(C67CC8CC(CC(C8)C6)C7)cc5c5cc(C67CC8CC(CC(C8)C6)C7)cc4c53)cc2)cc1. The topological polar surface area (TPSA) is 34.5 Å². The van der Waals surface area contributed by atoms with E-state index in [2.05, 4.69) is 173 Å². The van der Waals surface area contributed by atoms with Crippen LogP contribution in [0.15, 0.2) is 173 Å². The minimum absolute atomic E-state index is 0.179. The van der Waals surface area contributed by atoms with Gasteiger partial charge in [-0.05, 0) is 228 Å². The summed E-state index contributed by atoms with van der Waals surface area (Å²) in [4.78, 5) is 2.73. The van der Waals surface area contributed by atoms with Crippen molar-refractivity contribution in [3.05, 3.63) is 175 Å². The highest BCUT2D eigenvalue weighted by atomic mass is 16.3. The van der Waals surface area contributed by atoms with Crippen molar-refractivity contribution in [2.75, 3.05) is 4.81 Å². The Balaban J connectivity index is 0.936. The lowest BCUT2D eigenvalue weighted by Gasteiger charge is -2.57. The van der Waals surface area contributed by atoms with Gasteiger partial charge in [0.15, 0.2) is 5.58 Å². The molecular weight excluding hydrogens is 936 g/mol. The van der Waals surface area contributed by atoms with Crippen LogP contribution in [-0.2, 0) is 10.8 Å². The molecule has 2 aliphatic heterocycles. The number of rotatable bonds is 4. The van der Waals surface area contributed by atoms with E-state index < -0.39 is 0 Å². The number of benzene rings is 9. The van der Waals surface area contributed by atoms with Crippen LogP contribution in [0.3, 0.4) is 0 Å². The molecule has 5 heteroatoms. The highest BCUT2D eigenvalue weighted by molar-refractivity contribution is 6.94. The van der Waals surface area contributed by atoms with Crippen molar-refractivity contribution in [2.45, 2.75) is 87.9 Å². The van der Waals surface area contributed by atoms with Crippen molar-refractivity contribution in [1.29, 1.82) is 0 Å². The quantitative estimate of drug-likeness (QED) is 0.165. The van der Waals surface area contributed by atoms with Gasteiger partial charge in [-0.15, -0.1) is 0 Å². The lowest BCUT2D eigenvalue weighted by molar-refractivity contribution is -0.00526. The molecule has 22 rings (SSSR count). The maximum atomic E-state index is 7.45. The standard InChI is InChI=1S/C72H57BN2O2/c1-2-8-46(9-3-1)47-14-17-52(18-15-47)75-68-55(20-19-54-57-28-48-10-4-5-11-49(48)29-64(57)77-70(54)68)65-66-62(33-59-53-12-6-7-13-63(53)76-69(59)65)74-61-21-16-50(71-34-40-22-41(35-71)24-42(23-40)36-71)30-56(61)58-31-51(32-60(67(58)74)73(66)75)72-37-43-25-44(38-72)27-45(26-43)39-72/h1-21,28-33,40-45H,22-27,34-39H2. The van der Waals surface area contributed by atoms with Crippen molar-refractivity contribution in [3.63, 3.8) is 0 Å². The second kappa shape index (κ2) is 14.3. The summed E-state index contributed by atoms with van der Waals surface area (Å²) in [5.41, 5.74) is 21.3. The molecule has 9 aromatic carbocycles. The van der Waals surface area contributed by atoms with Crippen molar-refractivity contribution >= 4 is 106 Å². The fourth-order valence-electron chi connectivity index (χ4n) is 20.0. The molecule has 10 aliphatic rings. The van der Waals surface area contributed by atoms with Gasteiger partial charge >= 0.3 is 6.85 Å². The summed E-state index contributed by atoms with van der Waals surface area (Å²) >= 11 is 0. The Kier molecular flexibility index (Phi) is 7.76. The molecule has 0 N–H and O–H groups in total. The maximum Gasteiger partial charge on any atom is 0.333 e. The van der Waals surface area contributed by atoms with Crippen molar-refractivity contribution in [2.24, 2.45) is 35.5 Å². The van der Waals surface area contributed by atoms with Gasteiger partial charge in [-0.3, -0.25) is 0 Å². The first-order valence-electron chi connectivity index (χ1n) is 29.4. The minimum Gasteiger partial charge on any atom is -0.455 e.